The number of allylic oxidation sites excluding steroid dienone is 4. The zero-order chi connectivity index (χ0) is 24.8. The van der Waals surface area contributed by atoms with Crippen molar-refractivity contribution in [1.29, 1.82) is 0 Å². The molecule has 5 N–H and O–H groups in total. The maximum Gasteiger partial charge on any atom is 0.416 e. The molecular formula is C22H22F3N5O3. The number of alkyl halides is 3. The Hall–Kier alpha value is -4.15. The molecule has 0 aliphatic carbocycles. The van der Waals surface area contributed by atoms with Crippen molar-refractivity contribution in [1.82, 2.24) is 9.97 Å². The van der Waals surface area contributed by atoms with Crippen molar-refractivity contribution < 1.29 is 27.5 Å². The summed E-state index contributed by atoms with van der Waals surface area (Å²) in [5.74, 6) is -0.697. The molecule has 8 nitrogen and oxygen atoms in total. The molecule has 0 fully saturated rings. The van der Waals surface area contributed by atoms with Crippen LogP contribution in [0.3, 0.4) is 0 Å². The lowest BCUT2D eigenvalue weighted by Crippen LogP contribution is -2.33. The molecule has 0 saturated carbocycles. The van der Waals surface area contributed by atoms with Gasteiger partial charge in [-0.1, -0.05) is 12.7 Å². The van der Waals surface area contributed by atoms with Gasteiger partial charge in [0, 0.05) is 6.07 Å². The number of nitrogens with two attached hydrogens (primary N) is 2. The minimum Gasteiger partial charge on any atom is -0.457 e. The zero-order valence-electron chi connectivity index (χ0n) is 17.8. The van der Waals surface area contributed by atoms with Gasteiger partial charge in [0.25, 0.3) is 5.91 Å². The first-order valence-corrected chi connectivity index (χ1v) is 9.52. The van der Waals surface area contributed by atoms with Crippen LogP contribution in [0.1, 0.15) is 35.7 Å². The standard InChI is InChI=1S/C22H22F3N5O3/c1-4-15(33-16-9-6-14(7-10-16)22(23,24)25)8-5-12(2)21-29-17(20(27)32)11-18(30-21)28-13(3)19(26)31/h4-11,13H,1H2,2-3H3,(H2,26,31)(H2,27,32)(H,28,29,30)/b12-5+,15-8+/t13-/m0/s1. The lowest BCUT2D eigenvalue weighted by atomic mass is 10.2. The van der Waals surface area contributed by atoms with Crippen LogP contribution in [0, 0.1) is 0 Å². The van der Waals surface area contributed by atoms with Crippen molar-refractivity contribution in [2.45, 2.75) is 26.1 Å². The summed E-state index contributed by atoms with van der Waals surface area (Å²) in [5.41, 5.74) is 10.2. The van der Waals surface area contributed by atoms with Gasteiger partial charge in [0.05, 0.1) is 5.56 Å². The van der Waals surface area contributed by atoms with Crippen LogP contribution in [-0.4, -0.2) is 27.8 Å². The Morgan fingerprint density at radius 3 is 2.30 bits per heavy atom. The first-order chi connectivity index (χ1) is 15.4. The van der Waals surface area contributed by atoms with E-state index in [0.717, 1.165) is 12.1 Å². The highest BCUT2D eigenvalue weighted by molar-refractivity contribution is 5.92. The largest absolute Gasteiger partial charge is 0.457 e. The molecule has 33 heavy (non-hydrogen) atoms. The van der Waals surface area contributed by atoms with E-state index >= 15 is 0 Å². The summed E-state index contributed by atoms with van der Waals surface area (Å²) in [5, 5.41) is 2.76. The molecule has 0 saturated heterocycles. The van der Waals surface area contributed by atoms with Gasteiger partial charge >= 0.3 is 6.18 Å². The number of benzene rings is 1. The molecule has 0 unspecified atom stereocenters. The molecule has 0 bridgehead atoms. The molecular weight excluding hydrogens is 439 g/mol. The average Bonchev–Trinajstić information content (AvgIpc) is 2.75. The van der Waals surface area contributed by atoms with Crippen LogP contribution in [0.4, 0.5) is 19.0 Å². The molecule has 0 aliphatic heterocycles. The van der Waals surface area contributed by atoms with E-state index in [1.54, 1.807) is 13.0 Å². The molecule has 2 aromatic rings. The van der Waals surface area contributed by atoms with Gasteiger partial charge in [-0.2, -0.15) is 13.2 Å². The van der Waals surface area contributed by atoms with Gasteiger partial charge < -0.3 is 21.5 Å². The first-order valence-electron chi connectivity index (χ1n) is 9.52. The molecule has 1 atom stereocenters. The van der Waals surface area contributed by atoms with Gasteiger partial charge in [0.2, 0.25) is 5.91 Å². The van der Waals surface area contributed by atoms with Crippen molar-refractivity contribution in [3.05, 3.63) is 78.0 Å². The van der Waals surface area contributed by atoms with Crippen LogP contribution in [0.25, 0.3) is 5.57 Å². The Morgan fingerprint density at radius 2 is 1.79 bits per heavy atom. The van der Waals surface area contributed by atoms with Crippen molar-refractivity contribution in [2.24, 2.45) is 11.5 Å². The molecule has 2 rings (SSSR count). The van der Waals surface area contributed by atoms with Gasteiger partial charge in [-0.25, -0.2) is 9.97 Å². The Morgan fingerprint density at radius 1 is 1.15 bits per heavy atom. The van der Waals surface area contributed by atoms with E-state index < -0.39 is 29.6 Å². The minimum atomic E-state index is -4.45. The highest BCUT2D eigenvalue weighted by atomic mass is 19.4. The van der Waals surface area contributed by atoms with Crippen LogP contribution in [-0.2, 0) is 11.0 Å². The summed E-state index contributed by atoms with van der Waals surface area (Å²) in [6, 6.07) is 4.71. The van der Waals surface area contributed by atoms with Crippen molar-refractivity contribution in [3.8, 4) is 5.75 Å². The lowest BCUT2D eigenvalue weighted by molar-refractivity contribution is -0.137. The molecule has 2 amide bonds. The maximum atomic E-state index is 12.7. The third-order valence-corrected chi connectivity index (χ3v) is 4.24. The monoisotopic (exact) mass is 461 g/mol. The fourth-order valence-corrected chi connectivity index (χ4v) is 2.39. The zero-order valence-corrected chi connectivity index (χ0v) is 17.8. The van der Waals surface area contributed by atoms with Gasteiger partial charge in [-0.15, -0.1) is 0 Å². The first kappa shape index (κ1) is 25.1. The summed E-state index contributed by atoms with van der Waals surface area (Å²) >= 11 is 0. The number of aromatic nitrogens is 2. The molecule has 1 heterocycles. The fraction of sp³-hybridized carbons (Fsp3) is 0.182. The minimum absolute atomic E-state index is 0.0825. The Bertz CT molecular complexity index is 1110. The summed E-state index contributed by atoms with van der Waals surface area (Å²) in [4.78, 5) is 31.3. The van der Waals surface area contributed by atoms with E-state index in [1.807, 2.05) is 0 Å². The Kier molecular flexibility index (Phi) is 7.95. The lowest BCUT2D eigenvalue weighted by Gasteiger charge is -2.12. The van der Waals surface area contributed by atoms with Crippen LogP contribution in [0.15, 0.2) is 60.9 Å². The second-order valence-electron chi connectivity index (χ2n) is 6.84. The molecule has 1 aromatic carbocycles. The van der Waals surface area contributed by atoms with E-state index in [-0.39, 0.29) is 28.8 Å². The van der Waals surface area contributed by atoms with Gasteiger partial charge in [0.1, 0.15) is 29.1 Å². The second kappa shape index (κ2) is 10.4. The number of amides is 2. The van der Waals surface area contributed by atoms with Crippen LogP contribution < -0.4 is 21.5 Å². The van der Waals surface area contributed by atoms with Crippen molar-refractivity contribution >= 4 is 23.2 Å². The van der Waals surface area contributed by atoms with Crippen molar-refractivity contribution in [3.63, 3.8) is 0 Å². The fourth-order valence-electron chi connectivity index (χ4n) is 2.39. The van der Waals surface area contributed by atoms with E-state index in [2.05, 4.69) is 21.9 Å². The molecule has 0 aliphatic rings. The maximum absolute atomic E-state index is 12.7. The SMILES string of the molecule is C=C/C(=C\C=C(/C)c1nc(N[C@@H](C)C(N)=O)cc(C(N)=O)n1)Oc1ccc(C(F)(F)F)cc1. The number of hydrogen-bond donors (Lipinski definition) is 3. The number of hydrogen-bond acceptors (Lipinski definition) is 6. The molecule has 11 heteroatoms. The second-order valence-corrected chi connectivity index (χ2v) is 6.84. The average molecular weight is 461 g/mol. The van der Waals surface area contributed by atoms with Crippen molar-refractivity contribution in [2.75, 3.05) is 5.32 Å². The topological polar surface area (TPSA) is 133 Å². The number of carbonyl (C=O) groups excluding carboxylic acids is 2. The van der Waals surface area contributed by atoms with Gasteiger partial charge in [-0.3, -0.25) is 9.59 Å². The summed E-state index contributed by atoms with van der Waals surface area (Å²) in [6.45, 7) is 6.79. The van der Waals surface area contributed by atoms with Gasteiger partial charge in [-0.05, 0) is 55.8 Å². The van der Waals surface area contributed by atoms with Crippen LogP contribution >= 0.6 is 0 Å². The quantitative estimate of drug-likeness (QED) is 0.387. The third kappa shape index (κ3) is 7.20. The van der Waals surface area contributed by atoms with E-state index in [4.69, 9.17) is 16.2 Å². The van der Waals surface area contributed by atoms with E-state index in [9.17, 15) is 22.8 Å². The number of nitrogens with zero attached hydrogens (tertiary/aromatic N) is 2. The summed E-state index contributed by atoms with van der Waals surface area (Å²) in [6.07, 6.45) is -0.0243. The summed E-state index contributed by atoms with van der Waals surface area (Å²) < 4.78 is 43.6. The highest BCUT2D eigenvalue weighted by Crippen LogP contribution is 2.30. The Balaban J connectivity index is 2.29. The molecule has 1 aromatic heterocycles. The number of primary amides is 2. The number of carbonyl (C=O) groups is 2. The number of anilines is 1. The number of rotatable bonds is 9. The van der Waals surface area contributed by atoms with E-state index in [1.165, 1.54) is 37.3 Å². The van der Waals surface area contributed by atoms with E-state index in [0.29, 0.717) is 5.57 Å². The van der Waals surface area contributed by atoms with Crippen LogP contribution in [0.5, 0.6) is 5.75 Å². The summed E-state index contributed by atoms with van der Waals surface area (Å²) in [7, 11) is 0. The normalized spacial score (nSPS) is 13.2. The Labute approximate surface area is 187 Å². The predicted octanol–water partition coefficient (Wildman–Crippen LogP) is 3.43. The third-order valence-electron chi connectivity index (χ3n) is 4.24. The molecule has 0 spiro atoms. The molecule has 174 valence electrons. The number of halogens is 3. The van der Waals surface area contributed by atoms with Gasteiger partial charge in [0.15, 0.2) is 5.82 Å². The van der Waals surface area contributed by atoms with Crippen LogP contribution in [0.2, 0.25) is 0 Å². The molecule has 0 radical (unpaired) electrons. The smallest absolute Gasteiger partial charge is 0.416 e. The number of ether oxygens (including phenoxy) is 1. The number of nitrogens with one attached hydrogen (secondary N) is 1. The highest BCUT2D eigenvalue weighted by Gasteiger charge is 2.30. The predicted molar refractivity (Wildman–Crippen MR) is 117 cm³/mol.